The van der Waals surface area contributed by atoms with Crippen molar-refractivity contribution in [3.05, 3.63) is 23.8 Å². The van der Waals surface area contributed by atoms with Crippen molar-refractivity contribution in [3.63, 3.8) is 0 Å². The molecule has 0 N–H and O–H groups in total. The van der Waals surface area contributed by atoms with Gasteiger partial charge in [-0.15, -0.1) is 11.6 Å². The highest BCUT2D eigenvalue weighted by molar-refractivity contribution is 6.22. The number of rotatable bonds is 2. The first-order valence-corrected chi connectivity index (χ1v) is 3.97. The van der Waals surface area contributed by atoms with Crippen LogP contribution in [0.4, 0.5) is 8.78 Å². The van der Waals surface area contributed by atoms with Crippen LogP contribution in [-0.2, 0) is 4.74 Å². The van der Waals surface area contributed by atoms with Gasteiger partial charge in [0.1, 0.15) is 6.10 Å². The molecule has 0 saturated carbocycles. The lowest BCUT2D eigenvalue weighted by Gasteiger charge is -2.19. The predicted octanol–water partition coefficient (Wildman–Crippen LogP) is 2.72. The molecule has 2 unspecified atom stereocenters. The molecule has 1 aliphatic carbocycles. The van der Waals surface area contributed by atoms with E-state index in [1.165, 1.54) is 0 Å². The minimum Gasteiger partial charge on any atom is -0.314 e. The van der Waals surface area contributed by atoms with E-state index in [2.05, 4.69) is 4.74 Å². The SMILES string of the molecule is CC1=CC(Cl)C(OC(F)F)C=C1. The molecule has 0 aliphatic heterocycles. The van der Waals surface area contributed by atoms with Crippen molar-refractivity contribution in [1.29, 1.82) is 0 Å². The van der Waals surface area contributed by atoms with Gasteiger partial charge in [0.05, 0.1) is 5.38 Å². The standard InChI is InChI=1S/C8H9ClF2O/c1-5-2-3-7(6(9)4-5)12-8(10)11/h2-4,6-8H,1H3. The van der Waals surface area contributed by atoms with E-state index in [1.807, 2.05) is 6.92 Å². The van der Waals surface area contributed by atoms with Crippen LogP contribution in [0.3, 0.4) is 0 Å². The van der Waals surface area contributed by atoms with Gasteiger partial charge in [0.2, 0.25) is 0 Å². The van der Waals surface area contributed by atoms with Crippen LogP contribution in [0.15, 0.2) is 23.8 Å². The summed E-state index contributed by atoms with van der Waals surface area (Å²) in [5, 5.41) is -0.496. The molecule has 0 radical (unpaired) electrons. The maximum atomic E-state index is 11.8. The van der Waals surface area contributed by atoms with Gasteiger partial charge in [-0.1, -0.05) is 23.8 Å². The van der Waals surface area contributed by atoms with Crippen molar-refractivity contribution in [1.82, 2.24) is 0 Å². The second-order valence-corrected chi connectivity index (χ2v) is 3.08. The molecule has 0 heterocycles. The van der Waals surface area contributed by atoms with Crippen molar-refractivity contribution in [2.45, 2.75) is 25.0 Å². The van der Waals surface area contributed by atoms with Crippen LogP contribution >= 0.6 is 11.6 Å². The van der Waals surface area contributed by atoms with Crippen LogP contribution in [0.5, 0.6) is 0 Å². The van der Waals surface area contributed by atoms with E-state index in [0.29, 0.717) is 0 Å². The molecule has 0 aromatic rings. The number of halogens is 3. The molecule has 0 spiro atoms. The molecule has 1 aliphatic rings. The summed E-state index contributed by atoms with van der Waals surface area (Å²) < 4.78 is 27.8. The van der Waals surface area contributed by atoms with Gasteiger partial charge in [-0.05, 0) is 6.92 Å². The number of hydrogen-bond donors (Lipinski definition) is 0. The fourth-order valence-electron chi connectivity index (χ4n) is 0.994. The summed E-state index contributed by atoms with van der Waals surface area (Å²) in [6, 6.07) is 0. The fourth-order valence-corrected chi connectivity index (χ4v) is 1.34. The third kappa shape index (κ3) is 2.57. The molecule has 4 heteroatoms. The first-order chi connectivity index (χ1) is 5.59. The molecule has 12 heavy (non-hydrogen) atoms. The van der Waals surface area contributed by atoms with Crippen LogP contribution in [0.1, 0.15) is 6.92 Å². The molecule has 0 saturated heterocycles. The van der Waals surface area contributed by atoms with E-state index in [9.17, 15) is 8.78 Å². The monoisotopic (exact) mass is 194 g/mol. The van der Waals surface area contributed by atoms with Crippen LogP contribution in [0.2, 0.25) is 0 Å². The van der Waals surface area contributed by atoms with Gasteiger partial charge < -0.3 is 4.74 Å². The lowest BCUT2D eigenvalue weighted by atomic mass is 10.1. The summed E-state index contributed by atoms with van der Waals surface area (Å²) in [5.74, 6) is 0. The fraction of sp³-hybridized carbons (Fsp3) is 0.500. The maximum absolute atomic E-state index is 11.8. The first kappa shape index (κ1) is 9.68. The highest BCUT2D eigenvalue weighted by Crippen LogP contribution is 2.20. The third-order valence-corrected chi connectivity index (χ3v) is 1.92. The molecule has 0 aromatic heterocycles. The number of ether oxygens (including phenoxy) is 1. The zero-order valence-corrected chi connectivity index (χ0v) is 7.26. The number of alkyl halides is 3. The Labute approximate surface area is 74.7 Å². The lowest BCUT2D eigenvalue weighted by Crippen LogP contribution is -2.25. The predicted molar refractivity (Wildman–Crippen MR) is 43.4 cm³/mol. The van der Waals surface area contributed by atoms with Crippen molar-refractivity contribution in [2.24, 2.45) is 0 Å². The molecular formula is C8H9ClF2O. The Morgan fingerprint density at radius 2 is 2.25 bits per heavy atom. The minimum absolute atomic E-state index is 0.496. The quantitative estimate of drug-likeness (QED) is 0.615. The molecule has 68 valence electrons. The molecule has 0 aromatic carbocycles. The molecular weight excluding hydrogens is 186 g/mol. The molecule has 1 rings (SSSR count). The summed E-state index contributed by atoms with van der Waals surface area (Å²) in [5.41, 5.74) is 0.962. The number of allylic oxidation sites excluding steroid dienone is 2. The smallest absolute Gasteiger partial charge is 0.314 e. The van der Waals surface area contributed by atoms with Gasteiger partial charge in [-0.3, -0.25) is 0 Å². The summed E-state index contributed by atoms with van der Waals surface area (Å²) in [4.78, 5) is 0. The summed E-state index contributed by atoms with van der Waals surface area (Å²) >= 11 is 5.74. The summed E-state index contributed by atoms with van der Waals surface area (Å²) in [7, 11) is 0. The zero-order valence-electron chi connectivity index (χ0n) is 6.51. The Balaban J connectivity index is 2.54. The molecule has 0 fully saturated rings. The van der Waals surface area contributed by atoms with E-state index < -0.39 is 18.1 Å². The Kier molecular flexibility index (Phi) is 3.23. The third-order valence-electron chi connectivity index (χ3n) is 1.54. The van der Waals surface area contributed by atoms with E-state index in [0.717, 1.165) is 5.57 Å². The van der Waals surface area contributed by atoms with Gasteiger partial charge in [-0.25, -0.2) is 0 Å². The Morgan fingerprint density at radius 3 is 2.75 bits per heavy atom. The van der Waals surface area contributed by atoms with E-state index >= 15 is 0 Å². The van der Waals surface area contributed by atoms with Crippen molar-refractivity contribution >= 4 is 11.6 Å². The maximum Gasteiger partial charge on any atom is 0.345 e. The highest BCUT2D eigenvalue weighted by atomic mass is 35.5. The van der Waals surface area contributed by atoms with Gasteiger partial charge in [-0.2, -0.15) is 8.78 Å². The Bertz CT molecular complexity index is 213. The zero-order chi connectivity index (χ0) is 9.14. The highest BCUT2D eigenvalue weighted by Gasteiger charge is 2.21. The topological polar surface area (TPSA) is 9.23 Å². The van der Waals surface area contributed by atoms with E-state index in [1.54, 1.807) is 18.2 Å². The van der Waals surface area contributed by atoms with Crippen molar-refractivity contribution < 1.29 is 13.5 Å². The summed E-state index contributed by atoms with van der Waals surface area (Å²) in [6.45, 7) is -0.919. The second kappa shape index (κ2) is 4.01. The second-order valence-electron chi connectivity index (χ2n) is 2.58. The molecule has 0 bridgehead atoms. The van der Waals surface area contributed by atoms with Gasteiger partial charge in [0.25, 0.3) is 0 Å². The number of hydrogen-bond acceptors (Lipinski definition) is 1. The average Bonchev–Trinajstić information content (AvgIpc) is 1.94. The molecule has 2 atom stereocenters. The van der Waals surface area contributed by atoms with Gasteiger partial charge >= 0.3 is 6.61 Å². The van der Waals surface area contributed by atoms with Gasteiger partial charge in [0, 0.05) is 0 Å². The summed E-state index contributed by atoms with van der Waals surface area (Å²) in [6.07, 6.45) is 4.23. The van der Waals surface area contributed by atoms with Crippen LogP contribution in [-0.4, -0.2) is 18.1 Å². The first-order valence-electron chi connectivity index (χ1n) is 3.54. The van der Waals surface area contributed by atoms with Crippen LogP contribution < -0.4 is 0 Å². The normalized spacial score (nSPS) is 29.2. The average molecular weight is 195 g/mol. The molecule has 1 nitrogen and oxygen atoms in total. The molecule has 0 amide bonds. The minimum atomic E-state index is -2.77. The van der Waals surface area contributed by atoms with Crippen LogP contribution in [0.25, 0.3) is 0 Å². The van der Waals surface area contributed by atoms with E-state index in [4.69, 9.17) is 11.6 Å². The van der Waals surface area contributed by atoms with Crippen molar-refractivity contribution in [2.75, 3.05) is 0 Å². The largest absolute Gasteiger partial charge is 0.345 e. The lowest BCUT2D eigenvalue weighted by molar-refractivity contribution is -0.148. The van der Waals surface area contributed by atoms with Crippen LogP contribution in [0, 0.1) is 0 Å². The van der Waals surface area contributed by atoms with E-state index in [-0.39, 0.29) is 0 Å². The Hall–Kier alpha value is -0.410. The Morgan fingerprint density at radius 1 is 1.58 bits per heavy atom. The van der Waals surface area contributed by atoms with Crippen molar-refractivity contribution in [3.8, 4) is 0 Å². The van der Waals surface area contributed by atoms with Gasteiger partial charge in [0.15, 0.2) is 0 Å².